The lowest BCUT2D eigenvalue weighted by atomic mass is 10.0. The van der Waals surface area contributed by atoms with E-state index in [-0.39, 0.29) is 0 Å². The maximum absolute atomic E-state index is 5.52. The number of aryl methyl sites for hydroxylation is 1. The second kappa shape index (κ2) is 7.43. The van der Waals surface area contributed by atoms with Crippen LogP contribution in [0.3, 0.4) is 0 Å². The van der Waals surface area contributed by atoms with Gasteiger partial charge >= 0.3 is 0 Å². The number of rotatable bonds is 5. The van der Waals surface area contributed by atoms with Crippen molar-refractivity contribution in [3.8, 4) is 28.4 Å². The molecule has 0 aliphatic carbocycles. The van der Waals surface area contributed by atoms with Crippen LogP contribution < -0.4 is 14.2 Å². The van der Waals surface area contributed by atoms with Gasteiger partial charge in [0.2, 0.25) is 5.75 Å². The summed E-state index contributed by atoms with van der Waals surface area (Å²) >= 11 is 0. The van der Waals surface area contributed by atoms with Gasteiger partial charge in [0, 0.05) is 23.9 Å². The van der Waals surface area contributed by atoms with E-state index in [1.54, 1.807) is 21.3 Å². The number of hydrogen-bond acceptors (Lipinski definition) is 4. The van der Waals surface area contributed by atoms with Crippen molar-refractivity contribution in [3.05, 3.63) is 65.5 Å². The molecule has 1 aromatic heterocycles. The maximum atomic E-state index is 5.52. The predicted octanol–water partition coefficient (Wildman–Crippen LogP) is 4.34. The molecule has 1 aliphatic rings. The molecule has 4 rings (SSSR count). The fourth-order valence-electron chi connectivity index (χ4n) is 3.61. The number of aliphatic imine (C=N–C) groups is 1. The van der Waals surface area contributed by atoms with Gasteiger partial charge < -0.3 is 18.8 Å². The average Bonchev–Trinajstić information content (AvgIpc) is 3.17. The third-order valence-corrected chi connectivity index (χ3v) is 5.07. The standard InChI is InChI=1S/C23H24N2O3/c1-15-5-7-16(8-6-15)18-11-19-22(24-9-10-25(19)14-18)17-12-20(26-2)23(28-4)21(13-17)27-3/h5-8,11-14H,9-10H2,1-4H3. The van der Waals surface area contributed by atoms with E-state index >= 15 is 0 Å². The molecule has 0 atom stereocenters. The van der Waals surface area contributed by atoms with Crippen molar-refractivity contribution in [2.45, 2.75) is 13.5 Å². The smallest absolute Gasteiger partial charge is 0.203 e. The summed E-state index contributed by atoms with van der Waals surface area (Å²) in [5, 5.41) is 0. The van der Waals surface area contributed by atoms with Crippen molar-refractivity contribution >= 4 is 5.71 Å². The highest BCUT2D eigenvalue weighted by Crippen LogP contribution is 2.39. The molecule has 0 N–H and O–H groups in total. The molecule has 5 nitrogen and oxygen atoms in total. The number of fused-ring (bicyclic) bond motifs is 1. The third-order valence-electron chi connectivity index (χ3n) is 5.07. The molecule has 0 saturated heterocycles. The highest BCUT2D eigenvalue weighted by atomic mass is 16.5. The molecule has 0 saturated carbocycles. The van der Waals surface area contributed by atoms with Gasteiger partial charge in [0.15, 0.2) is 11.5 Å². The number of ether oxygens (including phenoxy) is 3. The summed E-state index contributed by atoms with van der Waals surface area (Å²) in [6.07, 6.45) is 2.20. The Morgan fingerprint density at radius 3 is 2.11 bits per heavy atom. The lowest BCUT2D eigenvalue weighted by molar-refractivity contribution is 0.324. The average molecular weight is 376 g/mol. The van der Waals surface area contributed by atoms with E-state index < -0.39 is 0 Å². The topological polar surface area (TPSA) is 45.0 Å². The van der Waals surface area contributed by atoms with Crippen molar-refractivity contribution in [2.75, 3.05) is 27.9 Å². The van der Waals surface area contributed by atoms with Gasteiger partial charge in [0.25, 0.3) is 0 Å². The zero-order valence-corrected chi connectivity index (χ0v) is 16.7. The first kappa shape index (κ1) is 18.2. The van der Waals surface area contributed by atoms with Crippen LogP contribution in [0.25, 0.3) is 11.1 Å². The molecule has 0 fully saturated rings. The van der Waals surface area contributed by atoms with Crippen LogP contribution in [0.1, 0.15) is 16.8 Å². The molecule has 2 aromatic carbocycles. The van der Waals surface area contributed by atoms with Crippen LogP contribution in [0.4, 0.5) is 0 Å². The van der Waals surface area contributed by atoms with Gasteiger partial charge in [0.05, 0.1) is 39.3 Å². The van der Waals surface area contributed by atoms with E-state index in [1.165, 1.54) is 16.7 Å². The normalized spacial score (nSPS) is 12.9. The molecule has 0 radical (unpaired) electrons. The number of aromatic nitrogens is 1. The lowest BCUT2D eigenvalue weighted by Crippen LogP contribution is -2.18. The quantitative estimate of drug-likeness (QED) is 0.665. The van der Waals surface area contributed by atoms with E-state index in [9.17, 15) is 0 Å². The highest BCUT2D eigenvalue weighted by molar-refractivity contribution is 6.13. The van der Waals surface area contributed by atoms with E-state index in [0.29, 0.717) is 17.2 Å². The first-order valence-electron chi connectivity index (χ1n) is 9.27. The van der Waals surface area contributed by atoms with Gasteiger partial charge in [-0.25, -0.2) is 0 Å². The summed E-state index contributed by atoms with van der Waals surface area (Å²) in [7, 11) is 4.86. The zero-order chi connectivity index (χ0) is 19.7. The number of benzene rings is 2. The van der Waals surface area contributed by atoms with E-state index in [0.717, 1.165) is 30.1 Å². The Hall–Kier alpha value is -3.21. The van der Waals surface area contributed by atoms with Crippen LogP contribution in [0.15, 0.2) is 53.7 Å². The van der Waals surface area contributed by atoms with Crippen molar-refractivity contribution < 1.29 is 14.2 Å². The Labute approximate surface area is 165 Å². The molecule has 5 heteroatoms. The van der Waals surface area contributed by atoms with Crippen LogP contribution in [0.2, 0.25) is 0 Å². The van der Waals surface area contributed by atoms with Crippen LogP contribution in [-0.4, -0.2) is 38.2 Å². The molecule has 1 aliphatic heterocycles. The van der Waals surface area contributed by atoms with Gasteiger partial charge in [-0.1, -0.05) is 29.8 Å². The molecule has 0 amide bonds. The Balaban J connectivity index is 1.79. The van der Waals surface area contributed by atoms with Crippen molar-refractivity contribution in [1.29, 1.82) is 0 Å². The Morgan fingerprint density at radius 2 is 1.50 bits per heavy atom. The van der Waals surface area contributed by atoms with E-state index in [4.69, 9.17) is 19.2 Å². The van der Waals surface area contributed by atoms with Crippen molar-refractivity contribution in [1.82, 2.24) is 4.57 Å². The zero-order valence-electron chi connectivity index (χ0n) is 16.7. The van der Waals surface area contributed by atoms with Crippen LogP contribution in [-0.2, 0) is 6.54 Å². The molecule has 0 spiro atoms. The summed E-state index contributed by atoms with van der Waals surface area (Å²) < 4.78 is 18.7. The molecule has 144 valence electrons. The second-order valence-electron chi connectivity index (χ2n) is 6.82. The van der Waals surface area contributed by atoms with Crippen LogP contribution >= 0.6 is 0 Å². The summed E-state index contributed by atoms with van der Waals surface area (Å²) in [5.41, 5.74) is 6.63. The molecular weight excluding hydrogens is 352 g/mol. The summed E-state index contributed by atoms with van der Waals surface area (Å²) in [4.78, 5) is 4.81. The summed E-state index contributed by atoms with van der Waals surface area (Å²) in [5.74, 6) is 1.84. The van der Waals surface area contributed by atoms with Gasteiger partial charge in [-0.05, 0) is 30.7 Å². The monoisotopic (exact) mass is 376 g/mol. The Kier molecular flexibility index (Phi) is 4.82. The molecule has 2 heterocycles. The number of methoxy groups -OCH3 is 3. The van der Waals surface area contributed by atoms with Gasteiger partial charge in [0.1, 0.15) is 0 Å². The Morgan fingerprint density at radius 1 is 0.821 bits per heavy atom. The minimum Gasteiger partial charge on any atom is -0.493 e. The highest BCUT2D eigenvalue weighted by Gasteiger charge is 2.21. The predicted molar refractivity (Wildman–Crippen MR) is 111 cm³/mol. The van der Waals surface area contributed by atoms with Crippen LogP contribution in [0.5, 0.6) is 17.2 Å². The molecule has 28 heavy (non-hydrogen) atoms. The molecule has 0 unspecified atom stereocenters. The van der Waals surface area contributed by atoms with Gasteiger partial charge in [-0.15, -0.1) is 0 Å². The van der Waals surface area contributed by atoms with Gasteiger partial charge in [-0.2, -0.15) is 0 Å². The van der Waals surface area contributed by atoms with Crippen molar-refractivity contribution in [3.63, 3.8) is 0 Å². The van der Waals surface area contributed by atoms with Gasteiger partial charge in [-0.3, -0.25) is 4.99 Å². The fraction of sp³-hybridized carbons (Fsp3) is 0.261. The second-order valence-corrected chi connectivity index (χ2v) is 6.82. The van der Waals surface area contributed by atoms with Crippen LogP contribution in [0, 0.1) is 6.92 Å². The molecule has 3 aromatic rings. The molecule has 0 bridgehead atoms. The minimum atomic E-state index is 0.584. The Bertz CT molecular complexity index is 1010. The van der Waals surface area contributed by atoms with E-state index in [2.05, 4.69) is 48.0 Å². The third kappa shape index (κ3) is 3.13. The largest absolute Gasteiger partial charge is 0.493 e. The SMILES string of the molecule is COc1cc(C2=NCCn3cc(-c4ccc(C)cc4)cc32)cc(OC)c1OC. The lowest BCUT2D eigenvalue weighted by Gasteiger charge is -2.19. The first-order valence-corrected chi connectivity index (χ1v) is 9.27. The summed E-state index contributed by atoms with van der Waals surface area (Å²) in [6.45, 7) is 3.71. The summed E-state index contributed by atoms with van der Waals surface area (Å²) in [6, 6.07) is 14.7. The maximum Gasteiger partial charge on any atom is 0.203 e. The molecular formula is C23H24N2O3. The van der Waals surface area contributed by atoms with E-state index in [1.807, 2.05) is 12.1 Å². The minimum absolute atomic E-state index is 0.584. The first-order chi connectivity index (χ1) is 13.6. The van der Waals surface area contributed by atoms with Crippen molar-refractivity contribution in [2.24, 2.45) is 4.99 Å². The number of hydrogen-bond donors (Lipinski definition) is 0. The fourth-order valence-corrected chi connectivity index (χ4v) is 3.61. The number of nitrogens with zero attached hydrogens (tertiary/aromatic N) is 2.